The summed E-state index contributed by atoms with van der Waals surface area (Å²) in [7, 11) is 0. The zero-order valence-corrected chi connectivity index (χ0v) is 22.6. The van der Waals surface area contributed by atoms with Gasteiger partial charge in [0.1, 0.15) is 18.2 Å². The number of halogens is 17. The summed E-state index contributed by atoms with van der Waals surface area (Å²) in [6.07, 6.45) is -18.9. The molecule has 0 radical (unpaired) electrons. The molecule has 3 aromatic rings. The average molecular weight is 733 g/mol. The van der Waals surface area contributed by atoms with Crippen molar-refractivity contribution in [3.05, 3.63) is 97.7 Å². The molecule has 1 aliphatic rings. The van der Waals surface area contributed by atoms with Gasteiger partial charge in [0.05, 0.1) is 33.4 Å². The van der Waals surface area contributed by atoms with Crippen molar-refractivity contribution >= 4 is 16.7 Å². The molecule has 7 nitrogen and oxygen atoms in total. The summed E-state index contributed by atoms with van der Waals surface area (Å²) in [6.45, 7) is 0. The van der Waals surface area contributed by atoms with Crippen molar-refractivity contribution in [3.8, 4) is 18.2 Å². The van der Waals surface area contributed by atoms with Crippen molar-refractivity contribution in [2.24, 2.45) is 0 Å². The van der Waals surface area contributed by atoms with Gasteiger partial charge in [0.25, 0.3) is 23.8 Å². The molecule has 0 N–H and O–H groups in total. The van der Waals surface area contributed by atoms with Gasteiger partial charge in [-0.15, -0.1) is 0 Å². The second-order valence-electron chi connectivity index (χ2n) is 9.09. The lowest BCUT2D eigenvalue weighted by molar-refractivity contribution is -0.159. The number of nitrogens with zero attached hydrogens (tertiary/aromatic N) is 7. The predicted molar refractivity (Wildman–Crippen MR) is 123 cm³/mol. The number of alkyl halides is 9. The third-order valence-electron chi connectivity index (χ3n) is 6.22. The summed E-state index contributed by atoms with van der Waals surface area (Å²) >= 11 is 0. The predicted octanol–water partition coefficient (Wildman–Crippen LogP) is 7.68. The third-order valence-corrected chi connectivity index (χ3v) is 6.22. The van der Waals surface area contributed by atoms with Gasteiger partial charge < -0.3 is 0 Å². The standard InChI is InChI=1S/C26F17N7/c27-13-10(14(28)20(32)49-19(13)31)4(1-44)7-8(5(2-45)11-15(29)21(33)50-22(34)16(11)30)9(7)6(3-46)12-17(24(35,36)37)47-23(26(41,42)43)48-18(12)25(38,39)40/b7-4-,8-5+,9-6?. The summed E-state index contributed by atoms with van der Waals surface area (Å²) in [5, 5.41) is 29.2. The minimum Gasteiger partial charge on any atom is -0.219 e. The highest BCUT2D eigenvalue weighted by Crippen LogP contribution is 2.58. The van der Waals surface area contributed by atoms with Gasteiger partial charge >= 0.3 is 18.5 Å². The molecule has 0 saturated heterocycles. The van der Waals surface area contributed by atoms with Crippen molar-refractivity contribution in [1.29, 1.82) is 15.8 Å². The van der Waals surface area contributed by atoms with Crippen molar-refractivity contribution in [3.63, 3.8) is 0 Å². The van der Waals surface area contributed by atoms with Gasteiger partial charge in [-0.25, -0.2) is 27.5 Å². The second kappa shape index (κ2) is 12.1. The van der Waals surface area contributed by atoms with E-state index in [0.29, 0.717) is 6.07 Å². The van der Waals surface area contributed by atoms with E-state index >= 15 is 0 Å². The first-order valence-corrected chi connectivity index (χ1v) is 11.9. The molecule has 258 valence electrons. The van der Waals surface area contributed by atoms with Gasteiger partial charge in [0.15, 0.2) is 34.7 Å². The van der Waals surface area contributed by atoms with E-state index in [2.05, 4.69) is 9.97 Å². The molecule has 1 fully saturated rings. The molecule has 1 aliphatic carbocycles. The lowest BCUT2D eigenvalue weighted by Crippen LogP contribution is -2.25. The number of aromatic nitrogens is 4. The number of rotatable bonds is 3. The van der Waals surface area contributed by atoms with E-state index in [1.807, 2.05) is 9.97 Å². The number of pyridine rings is 2. The largest absolute Gasteiger partial charge is 0.451 e. The molecule has 0 aliphatic heterocycles. The van der Waals surface area contributed by atoms with Crippen LogP contribution in [0.15, 0.2) is 16.7 Å². The molecule has 0 atom stereocenters. The van der Waals surface area contributed by atoms with Crippen LogP contribution < -0.4 is 0 Å². The lowest BCUT2D eigenvalue weighted by Gasteiger charge is -2.18. The van der Waals surface area contributed by atoms with Crippen molar-refractivity contribution in [2.45, 2.75) is 18.5 Å². The minimum atomic E-state index is -6.40. The fourth-order valence-electron chi connectivity index (χ4n) is 4.30. The van der Waals surface area contributed by atoms with Gasteiger partial charge in [-0.1, -0.05) is 0 Å². The summed E-state index contributed by atoms with van der Waals surface area (Å²) in [4.78, 5) is 8.25. The normalized spacial score (nSPS) is 16.4. The SMILES string of the molecule is N#CC(=C1C(=C(/C#N)c2c(F)c(F)nc(F)c2F)/C1=C(/C#N)c1c(F)c(F)nc(F)c1F)c1c(C(F)(F)F)nc(C(F)(F)F)nc1C(F)(F)F. The molecule has 0 bridgehead atoms. The van der Waals surface area contributed by atoms with Crippen LogP contribution in [0.5, 0.6) is 0 Å². The maximum absolute atomic E-state index is 14.7. The van der Waals surface area contributed by atoms with E-state index in [-0.39, 0.29) is 0 Å². The fraction of sp³-hybridized carbons (Fsp3) is 0.115. The average Bonchev–Trinajstić information content (AvgIpc) is 3.71. The first-order valence-electron chi connectivity index (χ1n) is 11.9. The zero-order chi connectivity index (χ0) is 38.0. The quantitative estimate of drug-likeness (QED) is 0.154. The molecule has 24 heteroatoms. The number of hydrogen-bond acceptors (Lipinski definition) is 7. The van der Waals surface area contributed by atoms with Crippen LogP contribution in [0.2, 0.25) is 0 Å². The molecule has 4 rings (SSSR count). The first kappa shape index (κ1) is 36.7. The smallest absolute Gasteiger partial charge is 0.219 e. The molecule has 0 unspecified atom stereocenters. The van der Waals surface area contributed by atoms with E-state index < -0.39 is 133 Å². The maximum Gasteiger partial charge on any atom is 0.451 e. The zero-order valence-electron chi connectivity index (χ0n) is 22.6. The van der Waals surface area contributed by atoms with Crippen LogP contribution in [-0.2, 0) is 18.5 Å². The van der Waals surface area contributed by atoms with E-state index in [0.717, 1.165) is 12.1 Å². The van der Waals surface area contributed by atoms with Gasteiger partial charge in [-0.2, -0.15) is 82.8 Å². The molecular formula is C26F17N7. The van der Waals surface area contributed by atoms with Crippen molar-refractivity contribution < 1.29 is 74.6 Å². The van der Waals surface area contributed by atoms with Crippen molar-refractivity contribution in [2.75, 3.05) is 0 Å². The molecule has 0 spiro atoms. The Morgan fingerprint density at radius 3 is 0.880 bits per heavy atom. The summed E-state index contributed by atoms with van der Waals surface area (Å²) in [5.74, 6) is -24.0. The van der Waals surface area contributed by atoms with Gasteiger partial charge in [-0.05, 0) is 0 Å². The van der Waals surface area contributed by atoms with Crippen LogP contribution >= 0.6 is 0 Å². The minimum absolute atomic E-state index is 0.624. The van der Waals surface area contributed by atoms with Gasteiger partial charge in [0.2, 0.25) is 5.82 Å². The molecule has 50 heavy (non-hydrogen) atoms. The van der Waals surface area contributed by atoms with Crippen LogP contribution in [0.25, 0.3) is 16.7 Å². The summed E-state index contributed by atoms with van der Waals surface area (Å²) < 4.78 is 239. The van der Waals surface area contributed by atoms with E-state index in [1.165, 1.54) is 0 Å². The maximum atomic E-state index is 14.7. The highest BCUT2D eigenvalue weighted by molar-refractivity contribution is 6.12. The highest BCUT2D eigenvalue weighted by Gasteiger charge is 2.52. The Hall–Kier alpha value is -6.12. The Balaban J connectivity index is 2.42. The Kier molecular flexibility index (Phi) is 8.87. The Bertz CT molecular complexity index is 2050. The number of allylic oxidation sites excluding steroid dienone is 6. The monoisotopic (exact) mass is 733 g/mol. The highest BCUT2D eigenvalue weighted by atomic mass is 19.4. The Morgan fingerprint density at radius 1 is 0.400 bits per heavy atom. The van der Waals surface area contributed by atoms with E-state index in [9.17, 15) is 90.4 Å². The molecule has 3 heterocycles. The van der Waals surface area contributed by atoms with Crippen LogP contribution in [0.1, 0.15) is 33.9 Å². The molecule has 0 aromatic carbocycles. The molecule has 1 saturated carbocycles. The topological polar surface area (TPSA) is 123 Å². The number of hydrogen-bond donors (Lipinski definition) is 0. The molecular weight excluding hydrogens is 733 g/mol. The first-order chi connectivity index (χ1) is 22.9. The number of nitriles is 3. The Labute approximate surface area is 262 Å². The van der Waals surface area contributed by atoms with E-state index in [1.54, 1.807) is 0 Å². The Morgan fingerprint density at radius 2 is 0.660 bits per heavy atom. The van der Waals surface area contributed by atoms with Crippen LogP contribution in [0.3, 0.4) is 0 Å². The summed E-state index contributed by atoms with van der Waals surface area (Å²) in [5.41, 5.74) is -25.2. The van der Waals surface area contributed by atoms with Crippen molar-refractivity contribution in [1.82, 2.24) is 19.9 Å². The van der Waals surface area contributed by atoms with E-state index in [4.69, 9.17) is 0 Å². The van der Waals surface area contributed by atoms with Crippen LogP contribution in [0.4, 0.5) is 74.6 Å². The van der Waals surface area contributed by atoms with Gasteiger partial charge in [-0.3, -0.25) is 0 Å². The summed E-state index contributed by atoms with van der Waals surface area (Å²) in [6, 6.07) is 2.20. The molecule has 3 aromatic heterocycles. The van der Waals surface area contributed by atoms with Gasteiger partial charge in [0, 0.05) is 16.7 Å². The molecule has 0 amide bonds. The fourth-order valence-corrected chi connectivity index (χ4v) is 4.30. The van der Waals surface area contributed by atoms with Crippen LogP contribution in [-0.4, -0.2) is 19.9 Å². The third kappa shape index (κ3) is 6.01. The second-order valence-corrected chi connectivity index (χ2v) is 9.09. The lowest BCUT2D eigenvalue weighted by atomic mass is 9.99. The van der Waals surface area contributed by atoms with Crippen LogP contribution in [0, 0.1) is 81.1 Å².